The topological polar surface area (TPSA) is 17.8 Å². The third-order valence-corrected chi connectivity index (χ3v) is 12.4. The molecule has 258 valence electrons. The first-order chi connectivity index (χ1) is 27.4. The van der Waals surface area contributed by atoms with Gasteiger partial charge < -0.3 is 0 Å². The van der Waals surface area contributed by atoms with Crippen LogP contribution in [0.1, 0.15) is 0 Å². The zero-order chi connectivity index (χ0) is 38.1. The van der Waals surface area contributed by atoms with Gasteiger partial charge in [0.1, 0.15) is 45.1 Å². The van der Waals surface area contributed by atoms with Crippen molar-refractivity contribution in [3.8, 4) is 50.5 Å². The number of benzene rings is 9. The molecule has 0 radical (unpaired) electrons. The Kier molecular flexibility index (Phi) is 8.15. The Hall–Kier alpha value is -6.45. The molecule has 0 aliphatic rings. The van der Waals surface area contributed by atoms with E-state index in [1.165, 1.54) is 93.0 Å². The highest BCUT2D eigenvalue weighted by atomic mass is 15.1. The van der Waals surface area contributed by atoms with E-state index in [-0.39, 0.29) is 0 Å². The summed E-state index contributed by atoms with van der Waals surface area (Å²) in [6.45, 7) is 0. The highest BCUT2D eigenvalue weighted by molar-refractivity contribution is 6.68. The van der Waals surface area contributed by atoms with Crippen molar-refractivity contribution < 1.29 is 0 Å². The van der Waals surface area contributed by atoms with E-state index in [1.54, 1.807) is 0 Å². The van der Waals surface area contributed by atoms with E-state index in [4.69, 9.17) is 4.98 Å². The van der Waals surface area contributed by atoms with Crippen molar-refractivity contribution in [2.45, 2.75) is 0 Å². The van der Waals surface area contributed by atoms with Gasteiger partial charge in [0.25, 0.3) is 0 Å². The molecule has 0 amide bonds. The molecule has 2 nitrogen and oxygen atoms in total. The summed E-state index contributed by atoms with van der Waals surface area (Å²) < 4.78 is 2.32. The number of hydrogen-bond donors (Lipinski definition) is 0. The van der Waals surface area contributed by atoms with Gasteiger partial charge >= 0.3 is 0 Å². The SMILES string of the molecule is Bc1c(B)c(B)c(-c2ccccc2-c2c3ccccc3c(-c3ccc(-c4nc5ccccc5n4-c4cccc5ccccc45)cc3)c3ccccc23)c(B)c1B. The maximum absolute atomic E-state index is 5.24. The van der Waals surface area contributed by atoms with Gasteiger partial charge in [0.05, 0.1) is 16.7 Å². The lowest BCUT2D eigenvalue weighted by Gasteiger charge is -2.24. The molecular formula is C49H37B5N2. The number of hydrogen-bond acceptors (Lipinski definition) is 1. The second-order valence-electron chi connectivity index (χ2n) is 15.2. The van der Waals surface area contributed by atoms with E-state index >= 15 is 0 Å². The van der Waals surface area contributed by atoms with Gasteiger partial charge in [-0.2, -0.15) is 0 Å². The molecule has 56 heavy (non-hydrogen) atoms. The molecule has 10 rings (SSSR count). The average molecular weight is 708 g/mol. The van der Waals surface area contributed by atoms with Crippen LogP contribution in [-0.2, 0) is 0 Å². The summed E-state index contributed by atoms with van der Waals surface area (Å²) in [5.74, 6) is 0.933. The van der Waals surface area contributed by atoms with Crippen molar-refractivity contribution in [2.24, 2.45) is 0 Å². The maximum atomic E-state index is 5.24. The molecule has 10 aromatic rings. The normalized spacial score (nSPS) is 11.6. The minimum Gasteiger partial charge on any atom is -0.292 e. The fourth-order valence-corrected chi connectivity index (χ4v) is 9.21. The lowest BCUT2D eigenvalue weighted by molar-refractivity contribution is 1.11. The molecule has 0 bridgehead atoms. The highest BCUT2D eigenvalue weighted by Crippen LogP contribution is 2.46. The number of nitrogens with zero attached hydrogens (tertiary/aromatic N) is 2. The summed E-state index contributed by atoms with van der Waals surface area (Å²) in [6, 6.07) is 59.6. The van der Waals surface area contributed by atoms with E-state index < -0.39 is 0 Å². The third kappa shape index (κ3) is 5.22. The van der Waals surface area contributed by atoms with Gasteiger partial charge in [0, 0.05) is 10.9 Å². The number of para-hydroxylation sites is 2. The Labute approximate surface area is 332 Å². The molecule has 0 saturated carbocycles. The zero-order valence-electron chi connectivity index (χ0n) is 32.5. The van der Waals surface area contributed by atoms with Gasteiger partial charge in [-0.05, 0) is 78.5 Å². The summed E-state index contributed by atoms with van der Waals surface area (Å²) in [7, 11) is 11.4. The van der Waals surface area contributed by atoms with Crippen LogP contribution in [0.3, 0.4) is 0 Å². The van der Waals surface area contributed by atoms with E-state index in [2.05, 4.69) is 208 Å². The van der Waals surface area contributed by atoms with Gasteiger partial charge in [-0.3, -0.25) is 4.57 Å². The van der Waals surface area contributed by atoms with Crippen LogP contribution in [-0.4, -0.2) is 48.8 Å². The van der Waals surface area contributed by atoms with Crippen molar-refractivity contribution in [1.82, 2.24) is 9.55 Å². The summed E-state index contributed by atoms with van der Waals surface area (Å²) >= 11 is 0. The smallest absolute Gasteiger partial charge is 0.145 e. The van der Waals surface area contributed by atoms with Gasteiger partial charge in [-0.25, -0.2) is 4.98 Å². The van der Waals surface area contributed by atoms with Crippen LogP contribution in [0, 0.1) is 0 Å². The summed E-state index contributed by atoms with van der Waals surface area (Å²) in [5, 5.41) is 7.42. The van der Waals surface area contributed by atoms with Crippen LogP contribution in [0.5, 0.6) is 0 Å². The molecule has 0 N–H and O–H groups in total. The Bertz CT molecular complexity index is 3110. The van der Waals surface area contributed by atoms with Crippen LogP contribution < -0.4 is 27.3 Å². The summed E-state index contributed by atoms with van der Waals surface area (Å²) in [6.07, 6.45) is 0. The number of aromatic nitrogens is 2. The van der Waals surface area contributed by atoms with Crippen molar-refractivity contribution in [2.75, 3.05) is 0 Å². The van der Waals surface area contributed by atoms with Crippen LogP contribution in [0.4, 0.5) is 0 Å². The van der Waals surface area contributed by atoms with Crippen molar-refractivity contribution in [3.63, 3.8) is 0 Å². The van der Waals surface area contributed by atoms with Gasteiger partial charge in [-0.15, -0.1) is 16.4 Å². The molecular weight excluding hydrogens is 671 g/mol. The molecule has 0 saturated heterocycles. The second-order valence-corrected chi connectivity index (χ2v) is 15.2. The Morgan fingerprint density at radius 1 is 0.357 bits per heavy atom. The van der Waals surface area contributed by atoms with E-state index in [0.29, 0.717) is 0 Å². The lowest BCUT2D eigenvalue weighted by Crippen LogP contribution is -2.55. The average Bonchev–Trinajstić information content (AvgIpc) is 3.64. The predicted molar refractivity (Wildman–Crippen MR) is 256 cm³/mol. The minimum atomic E-state index is 0.933. The molecule has 0 spiro atoms. The molecule has 1 heterocycles. The van der Waals surface area contributed by atoms with Crippen molar-refractivity contribution >= 4 is 110 Å². The number of imidazole rings is 1. The zero-order valence-corrected chi connectivity index (χ0v) is 32.5. The minimum absolute atomic E-state index is 0.933. The third-order valence-electron chi connectivity index (χ3n) is 12.4. The van der Waals surface area contributed by atoms with E-state index in [0.717, 1.165) is 28.1 Å². The van der Waals surface area contributed by atoms with E-state index in [9.17, 15) is 0 Å². The van der Waals surface area contributed by atoms with Crippen LogP contribution in [0.2, 0.25) is 0 Å². The van der Waals surface area contributed by atoms with E-state index in [1.807, 2.05) is 0 Å². The molecule has 9 aromatic carbocycles. The Morgan fingerprint density at radius 3 is 1.46 bits per heavy atom. The summed E-state index contributed by atoms with van der Waals surface area (Å²) in [5.41, 5.74) is 18.8. The molecule has 7 heteroatoms. The first kappa shape index (κ1) is 34.1. The molecule has 0 fully saturated rings. The van der Waals surface area contributed by atoms with Crippen molar-refractivity contribution in [1.29, 1.82) is 0 Å². The quantitative estimate of drug-likeness (QED) is 0.191. The molecule has 0 aliphatic heterocycles. The largest absolute Gasteiger partial charge is 0.292 e. The van der Waals surface area contributed by atoms with Gasteiger partial charge in [-0.1, -0.05) is 157 Å². The second kappa shape index (κ2) is 13.4. The standard InChI is InChI=1S/C49H37B5N2/c50-44-43(45(51)47(53)48(54)46(44)52)37-20-8-7-19-36(37)42-34-17-5-3-15-32(34)41(33-16-4-6-18-35(33)42)29-24-26-30(27-25-29)49-55-38-21-9-10-22-40(38)56(49)39-23-11-13-28-12-1-2-14-31(28)39/h1-27H,50-54H2. The molecule has 0 unspecified atom stereocenters. The Morgan fingerprint density at radius 2 is 0.821 bits per heavy atom. The monoisotopic (exact) mass is 708 g/mol. The van der Waals surface area contributed by atoms with Crippen LogP contribution >= 0.6 is 0 Å². The summed E-state index contributed by atoms with van der Waals surface area (Å²) in [4.78, 5) is 5.24. The molecule has 0 atom stereocenters. The lowest BCUT2D eigenvalue weighted by atomic mass is 9.59. The fourth-order valence-electron chi connectivity index (χ4n) is 9.21. The predicted octanol–water partition coefficient (Wildman–Crippen LogP) is 4.45. The number of rotatable bonds is 5. The van der Waals surface area contributed by atoms with Gasteiger partial charge in [0.2, 0.25) is 0 Å². The first-order valence-electron chi connectivity index (χ1n) is 19.6. The maximum Gasteiger partial charge on any atom is 0.145 e. The van der Waals surface area contributed by atoms with Crippen molar-refractivity contribution in [3.05, 3.63) is 164 Å². The van der Waals surface area contributed by atoms with Gasteiger partial charge in [0.15, 0.2) is 0 Å². The first-order valence-corrected chi connectivity index (χ1v) is 19.6. The highest BCUT2D eigenvalue weighted by Gasteiger charge is 2.22. The Balaban J connectivity index is 1.18. The molecule has 1 aromatic heterocycles. The molecule has 0 aliphatic carbocycles. The fraction of sp³-hybridized carbons (Fsp3) is 0. The van der Waals surface area contributed by atoms with Crippen LogP contribution in [0.25, 0.3) is 93.8 Å². The number of fused-ring (bicyclic) bond motifs is 4. The van der Waals surface area contributed by atoms with Crippen LogP contribution in [0.15, 0.2) is 164 Å².